The van der Waals surface area contributed by atoms with Crippen LogP contribution in [0.3, 0.4) is 0 Å². The standard InChI is InChI=1S/C11H21NO4/c1-11(10(15)16,8-12(2)3)7-5-4-6-9(13)14/h4-8H2,1-3H3,(H,13,14)(H,15,16)/p-2. The summed E-state index contributed by atoms with van der Waals surface area (Å²) in [4.78, 5) is 23.0. The van der Waals surface area contributed by atoms with Gasteiger partial charge in [0.2, 0.25) is 0 Å². The average Bonchev–Trinajstić information content (AvgIpc) is 2.10. The molecular formula is C11H19NO4-2. The summed E-state index contributed by atoms with van der Waals surface area (Å²) in [5.74, 6) is -2.18. The first-order valence-electron chi connectivity index (χ1n) is 5.34. The van der Waals surface area contributed by atoms with Crippen molar-refractivity contribution in [1.82, 2.24) is 4.90 Å². The number of hydrogen-bond acceptors (Lipinski definition) is 5. The van der Waals surface area contributed by atoms with E-state index in [4.69, 9.17) is 0 Å². The second-order valence-electron chi connectivity index (χ2n) is 4.67. The van der Waals surface area contributed by atoms with E-state index in [2.05, 4.69) is 0 Å². The zero-order valence-corrected chi connectivity index (χ0v) is 10.1. The monoisotopic (exact) mass is 229 g/mol. The second kappa shape index (κ2) is 6.48. The number of aliphatic carboxylic acids is 2. The largest absolute Gasteiger partial charge is 0.550 e. The van der Waals surface area contributed by atoms with Crippen molar-refractivity contribution in [3.8, 4) is 0 Å². The Hall–Kier alpha value is -1.10. The van der Waals surface area contributed by atoms with Gasteiger partial charge in [-0.1, -0.05) is 13.3 Å². The van der Waals surface area contributed by atoms with Gasteiger partial charge < -0.3 is 24.7 Å². The maximum absolute atomic E-state index is 11.0. The van der Waals surface area contributed by atoms with Gasteiger partial charge in [0.15, 0.2) is 0 Å². The molecule has 5 nitrogen and oxygen atoms in total. The molecule has 94 valence electrons. The molecule has 0 rings (SSSR count). The van der Waals surface area contributed by atoms with Crippen molar-refractivity contribution in [3.05, 3.63) is 0 Å². The number of carboxylic acids is 2. The highest BCUT2D eigenvalue weighted by Crippen LogP contribution is 2.24. The molecule has 5 heteroatoms. The Bertz CT molecular complexity index is 252. The minimum atomic E-state index is -1.09. The van der Waals surface area contributed by atoms with Crippen molar-refractivity contribution in [3.63, 3.8) is 0 Å². The van der Waals surface area contributed by atoms with Crippen molar-refractivity contribution >= 4 is 11.9 Å². The fraction of sp³-hybridized carbons (Fsp3) is 0.818. The predicted octanol–water partition coefficient (Wildman–Crippen LogP) is -1.39. The summed E-state index contributed by atoms with van der Waals surface area (Å²) in [7, 11) is 3.59. The zero-order valence-electron chi connectivity index (χ0n) is 10.1. The van der Waals surface area contributed by atoms with Crippen molar-refractivity contribution in [2.45, 2.75) is 32.6 Å². The second-order valence-corrected chi connectivity index (χ2v) is 4.67. The first-order chi connectivity index (χ1) is 7.28. The van der Waals surface area contributed by atoms with Crippen LogP contribution in [-0.2, 0) is 9.59 Å². The third-order valence-corrected chi connectivity index (χ3v) is 2.52. The molecule has 0 saturated heterocycles. The summed E-state index contributed by atoms with van der Waals surface area (Å²) in [5, 5.41) is 21.2. The van der Waals surface area contributed by atoms with Crippen molar-refractivity contribution in [2.75, 3.05) is 20.6 Å². The number of carbonyl (C=O) groups is 2. The predicted molar refractivity (Wildman–Crippen MR) is 55.1 cm³/mol. The quantitative estimate of drug-likeness (QED) is 0.479. The summed E-state index contributed by atoms with van der Waals surface area (Å²) in [6, 6.07) is 0. The molecular weight excluding hydrogens is 210 g/mol. The molecule has 0 saturated carbocycles. The van der Waals surface area contributed by atoms with Crippen molar-refractivity contribution < 1.29 is 19.8 Å². The summed E-state index contributed by atoms with van der Waals surface area (Å²) in [5.41, 5.74) is -0.921. The maximum atomic E-state index is 11.0. The Labute approximate surface area is 96.1 Å². The molecule has 0 fully saturated rings. The van der Waals surface area contributed by atoms with Crippen molar-refractivity contribution in [1.29, 1.82) is 0 Å². The number of unbranched alkanes of at least 4 members (excludes halogenated alkanes) is 1. The van der Waals surface area contributed by atoms with Crippen LogP contribution in [0.4, 0.5) is 0 Å². The van der Waals surface area contributed by atoms with Crippen LogP contribution in [0.15, 0.2) is 0 Å². The van der Waals surface area contributed by atoms with E-state index in [9.17, 15) is 19.8 Å². The smallest absolute Gasteiger partial charge is 0.0486 e. The fourth-order valence-electron chi connectivity index (χ4n) is 1.73. The normalized spacial score (nSPS) is 14.8. The molecule has 0 amide bonds. The lowest BCUT2D eigenvalue weighted by Crippen LogP contribution is -2.46. The Balaban J connectivity index is 4.13. The van der Waals surface area contributed by atoms with Crippen LogP contribution in [-0.4, -0.2) is 37.5 Å². The maximum Gasteiger partial charge on any atom is 0.0486 e. The highest BCUT2D eigenvalue weighted by Gasteiger charge is 2.26. The highest BCUT2D eigenvalue weighted by molar-refractivity contribution is 5.72. The molecule has 0 aliphatic rings. The first kappa shape index (κ1) is 14.9. The highest BCUT2D eigenvalue weighted by atomic mass is 16.4. The summed E-state index contributed by atoms with van der Waals surface area (Å²) < 4.78 is 0. The van der Waals surface area contributed by atoms with Gasteiger partial charge in [0.05, 0.1) is 0 Å². The van der Waals surface area contributed by atoms with Crippen LogP contribution in [0.25, 0.3) is 0 Å². The van der Waals surface area contributed by atoms with E-state index in [1.54, 1.807) is 25.9 Å². The summed E-state index contributed by atoms with van der Waals surface area (Å²) in [6.07, 6.45) is 1.39. The Morgan fingerprint density at radius 3 is 2.12 bits per heavy atom. The van der Waals surface area contributed by atoms with Gasteiger partial charge in [-0.3, -0.25) is 0 Å². The van der Waals surface area contributed by atoms with E-state index < -0.39 is 17.4 Å². The van der Waals surface area contributed by atoms with Crippen LogP contribution in [0, 0.1) is 5.41 Å². The average molecular weight is 229 g/mol. The molecule has 0 bridgehead atoms. The molecule has 1 atom stereocenters. The van der Waals surface area contributed by atoms with Gasteiger partial charge in [0.25, 0.3) is 0 Å². The zero-order chi connectivity index (χ0) is 12.8. The molecule has 0 aliphatic carbocycles. The number of nitrogens with zero attached hydrogens (tertiary/aromatic N) is 1. The lowest BCUT2D eigenvalue weighted by atomic mass is 9.84. The van der Waals surface area contributed by atoms with Gasteiger partial charge in [-0.2, -0.15) is 0 Å². The first-order valence-corrected chi connectivity index (χ1v) is 5.34. The van der Waals surface area contributed by atoms with Crippen LogP contribution in [0.2, 0.25) is 0 Å². The molecule has 0 aliphatic heterocycles. The SMILES string of the molecule is CN(C)CC(C)(CCCCC(=O)[O-])C(=O)[O-]. The van der Waals surface area contributed by atoms with Crippen LogP contribution in [0.5, 0.6) is 0 Å². The molecule has 0 spiro atoms. The van der Waals surface area contributed by atoms with E-state index in [0.717, 1.165) is 0 Å². The molecule has 1 unspecified atom stereocenters. The van der Waals surface area contributed by atoms with Crippen LogP contribution in [0.1, 0.15) is 32.6 Å². The van der Waals surface area contributed by atoms with Gasteiger partial charge in [-0.05, 0) is 33.4 Å². The van der Waals surface area contributed by atoms with Crippen molar-refractivity contribution in [2.24, 2.45) is 5.41 Å². The van der Waals surface area contributed by atoms with Gasteiger partial charge in [0.1, 0.15) is 0 Å². The minimum Gasteiger partial charge on any atom is -0.550 e. The van der Waals surface area contributed by atoms with E-state index in [0.29, 0.717) is 25.8 Å². The minimum absolute atomic E-state index is 0.0227. The van der Waals surface area contributed by atoms with E-state index in [1.165, 1.54) is 0 Å². The third-order valence-electron chi connectivity index (χ3n) is 2.52. The Kier molecular flexibility index (Phi) is 6.03. The molecule has 0 aromatic heterocycles. The molecule has 0 radical (unpaired) electrons. The van der Waals surface area contributed by atoms with E-state index in [-0.39, 0.29) is 6.42 Å². The number of rotatable bonds is 8. The van der Waals surface area contributed by atoms with Gasteiger partial charge in [0, 0.05) is 23.9 Å². The summed E-state index contributed by atoms with van der Waals surface area (Å²) in [6.45, 7) is 2.02. The number of hydrogen-bond donors (Lipinski definition) is 0. The van der Waals surface area contributed by atoms with Crippen LogP contribution < -0.4 is 10.2 Å². The lowest BCUT2D eigenvalue weighted by molar-refractivity contribution is -0.319. The number of carbonyl (C=O) groups excluding carboxylic acids is 2. The number of carboxylic acid groups (broad SMARTS) is 2. The van der Waals surface area contributed by atoms with Gasteiger partial charge in [-0.25, -0.2) is 0 Å². The molecule has 0 heterocycles. The van der Waals surface area contributed by atoms with Gasteiger partial charge in [-0.15, -0.1) is 0 Å². The molecule has 0 aromatic carbocycles. The third kappa shape index (κ3) is 5.70. The van der Waals surface area contributed by atoms with E-state index >= 15 is 0 Å². The van der Waals surface area contributed by atoms with Gasteiger partial charge >= 0.3 is 0 Å². The molecule has 0 N–H and O–H groups in total. The molecule has 0 aromatic rings. The lowest BCUT2D eigenvalue weighted by Gasteiger charge is -2.33. The Morgan fingerprint density at radius 2 is 1.75 bits per heavy atom. The topological polar surface area (TPSA) is 83.5 Å². The van der Waals surface area contributed by atoms with Crippen LogP contribution >= 0.6 is 0 Å². The Morgan fingerprint density at radius 1 is 1.19 bits per heavy atom. The summed E-state index contributed by atoms with van der Waals surface area (Å²) >= 11 is 0. The fourth-order valence-corrected chi connectivity index (χ4v) is 1.73. The van der Waals surface area contributed by atoms with E-state index in [1.807, 2.05) is 0 Å². The molecule has 16 heavy (non-hydrogen) atoms.